The number of aryl methyl sites for hydroxylation is 2. The van der Waals surface area contributed by atoms with Crippen molar-refractivity contribution in [3.63, 3.8) is 0 Å². The fraction of sp³-hybridized carbons (Fsp3) is 0.412. The summed E-state index contributed by atoms with van der Waals surface area (Å²) in [6.45, 7) is 5.18. The van der Waals surface area contributed by atoms with Crippen molar-refractivity contribution in [2.24, 2.45) is 5.41 Å². The third kappa shape index (κ3) is 3.79. The predicted molar refractivity (Wildman–Crippen MR) is 89.8 cm³/mol. The molecule has 1 aromatic carbocycles. The van der Waals surface area contributed by atoms with Crippen molar-refractivity contribution >= 4 is 22.8 Å². The van der Waals surface area contributed by atoms with Gasteiger partial charge in [-0.05, 0) is 32.4 Å². The number of nitrogens with one attached hydrogen (secondary N) is 1. The lowest BCUT2D eigenvalue weighted by atomic mass is 9.94. The molecule has 24 heavy (non-hydrogen) atoms. The van der Waals surface area contributed by atoms with Crippen LogP contribution in [0.5, 0.6) is 0 Å². The summed E-state index contributed by atoms with van der Waals surface area (Å²) >= 11 is 0. The van der Waals surface area contributed by atoms with Gasteiger partial charge in [0.2, 0.25) is 5.91 Å². The Balaban J connectivity index is 2.04. The standard InChI is InChI=1S/C17H21N3O4/c1-11-5-4-6-12-14(11)19-10-20(15(12)22)8-7-13(21)18-9-17(2,3)16(23)24/h4-6,10H,7-9H2,1-3H3,(H,18,21)(H,23,24). The van der Waals surface area contributed by atoms with Crippen LogP contribution in [0.25, 0.3) is 10.9 Å². The third-order valence-corrected chi connectivity index (χ3v) is 3.94. The minimum atomic E-state index is -1.03. The van der Waals surface area contributed by atoms with Crippen LogP contribution in [-0.4, -0.2) is 33.1 Å². The SMILES string of the molecule is Cc1cccc2c(=O)n(CCC(=O)NCC(C)(C)C(=O)O)cnc12. The van der Waals surface area contributed by atoms with Gasteiger partial charge in [0.15, 0.2) is 0 Å². The number of amides is 1. The van der Waals surface area contributed by atoms with Crippen molar-refractivity contribution in [1.29, 1.82) is 0 Å². The van der Waals surface area contributed by atoms with Crippen molar-refractivity contribution in [3.8, 4) is 0 Å². The monoisotopic (exact) mass is 331 g/mol. The molecule has 0 spiro atoms. The number of carboxylic acid groups (broad SMARTS) is 1. The highest BCUT2D eigenvalue weighted by molar-refractivity contribution is 5.80. The van der Waals surface area contributed by atoms with Gasteiger partial charge in [-0.15, -0.1) is 0 Å². The van der Waals surface area contributed by atoms with E-state index in [1.54, 1.807) is 12.1 Å². The largest absolute Gasteiger partial charge is 0.481 e. The lowest BCUT2D eigenvalue weighted by Gasteiger charge is -2.19. The van der Waals surface area contributed by atoms with Crippen LogP contribution in [0.3, 0.4) is 0 Å². The molecule has 7 heteroatoms. The Kier molecular flexibility index (Phi) is 5.02. The Morgan fingerprint density at radius 3 is 2.71 bits per heavy atom. The molecule has 0 saturated carbocycles. The molecule has 2 rings (SSSR count). The Morgan fingerprint density at radius 2 is 2.04 bits per heavy atom. The van der Waals surface area contributed by atoms with Crippen LogP contribution in [0.15, 0.2) is 29.3 Å². The van der Waals surface area contributed by atoms with E-state index in [0.717, 1.165) is 5.56 Å². The number of benzene rings is 1. The lowest BCUT2D eigenvalue weighted by molar-refractivity contribution is -0.146. The van der Waals surface area contributed by atoms with Crippen molar-refractivity contribution in [1.82, 2.24) is 14.9 Å². The third-order valence-electron chi connectivity index (χ3n) is 3.94. The summed E-state index contributed by atoms with van der Waals surface area (Å²) in [5, 5.41) is 12.1. The van der Waals surface area contributed by atoms with Crippen molar-refractivity contribution < 1.29 is 14.7 Å². The van der Waals surface area contributed by atoms with E-state index >= 15 is 0 Å². The van der Waals surface area contributed by atoms with Crippen LogP contribution in [0.2, 0.25) is 0 Å². The average molecular weight is 331 g/mol. The number of carbonyl (C=O) groups excluding carboxylic acids is 1. The molecule has 1 heterocycles. The molecule has 128 valence electrons. The van der Waals surface area contributed by atoms with Gasteiger partial charge in [-0.1, -0.05) is 12.1 Å². The van der Waals surface area contributed by atoms with Crippen molar-refractivity contribution in [3.05, 3.63) is 40.4 Å². The molecule has 0 aliphatic carbocycles. The van der Waals surface area contributed by atoms with E-state index in [1.165, 1.54) is 24.7 Å². The first-order valence-corrected chi connectivity index (χ1v) is 7.67. The summed E-state index contributed by atoms with van der Waals surface area (Å²) in [4.78, 5) is 39.6. The van der Waals surface area contributed by atoms with E-state index in [4.69, 9.17) is 5.11 Å². The zero-order valence-corrected chi connectivity index (χ0v) is 14.0. The molecule has 2 N–H and O–H groups in total. The maximum absolute atomic E-state index is 12.4. The minimum absolute atomic E-state index is 0.0330. The maximum atomic E-state index is 12.4. The predicted octanol–water partition coefficient (Wildman–Crippen LogP) is 1.32. The van der Waals surface area contributed by atoms with Crippen LogP contribution in [-0.2, 0) is 16.1 Å². The van der Waals surface area contributed by atoms with E-state index in [-0.39, 0.29) is 31.0 Å². The Bertz CT molecular complexity index is 839. The fourth-order valence-electron chi connectivity index (χ4n) is 2.20. The summed E-state index contributed by atoms with van der Waals surface area (Å²) in [5.74, 6) is -1.28. The molecule has 7 nitrogen and oxygen atoms in total. The zero-order valence-electron chi connectivity index (χ0n) is 14.0. The number of fused-ring (bicyclic) bond motifs is 1. The molecule has 0 radical (unpaired) electrons. The maximum Gasteiger partial charge on any atom is 0.310 e. The topological polar surface area (TPSA) is 101 Å². The Morgan fingerprint density at radius 1 is 1.33 bits per heavy atom. The number of hydrogen-bond acceptors (Lipinski definition) is 4. The summed E-state index contributed by atoms with van der Waals surface area (Å²) in [6.07, 6.45) is 1.51. The first-order valence-electron chi connectivity index (χ1n) is 7.67. The second-order valence-electron chi connectivity index (χ2n) is 6.43. The number of aromatic nitrogens is 2. The van der Waals surface area contributed by atoms with E-state index < -0.39 is 11.4 Å². The van der Waals surface area contributed by atoms with E-state index in [9.17, 15) is 14.4 Å². The van der Waals surface area contributed by atoms with Gasteiger partial charge in [-0.25, -0.2) is 4.98 Å². The number of aliphatic carboxylic acids is 1. The van der Waals surface area contributed by atoms with Gasteiger partial charge in [-0.3, -0.25) is 19.0 Å². The average Bonchev–Trinajstić information content (AvgIpc) is 2.53. The summed E-state index contributed by atoms with van der Waals surface area (Å²) in [6, 6.07) is 5.39. The summed E-state index contributed by atoms with van der Waals surface area (Å²) in [5.41, 5.74) is 0.355. The fourth-order valence-corrected chi connectivity index (χ4v) is 2.20. The number of carbonyl (C=O) groups is 2. The molecular formula is C17H21N3O4. The molecule has 0 atom stereocenters. The molecule has 0 aliphatic heterocycles. The van der Waals surface area contributed by atoms with Crippen molar-refractivity contribution in [2.75, 3.05) is 6.54 Å². The molecule has 0 bridgehead atoms. The number of para-hydroxylation sites is 1. The van der Waals surface area contributed by atoms with Gasteiger partial charge in [0.1, 0.15) is 0 Å². The normalized spacial score (nSPS) is 11.5. The molecule has 0 aliphatic rings. The van der Waals surface area contributed by atoms with Crippen LogP contribution >= 0.6 is 0 Å². The molecule has 0 unspecified atom stereocenters. The minimum Gasteiger partial charge on any atom is -0.481 e. The van der Waals surface area contributed by atoms with Gasteiger partial charge < -0.3 is 10.4 Å². The van der Waals surface area contributed by atoms with E-state index in [1.807, 2.05) is 13.0 Å². The lowest BCUT2D eigenvalue weighted by Crippen LogP contribution is -2.39. The number of nitrogens with zero attached hydrogens (tertiary/aromatic N) is 2. The smallest absolute Gasteiger partial charge is 0.310 e. The second kappa shape index (κ2) is 6.82. The molecule has 2 aromatic rings. The highest BCUT2D eigenvalue weighted by Crippen LogP contribution is 2.13. The van der Waals surface area contributed by atoms with Crippen molar-refractivity contribution in [2.45, 2.75) is 33.7 Å². The van der Waals surface area contributed by atoms with Gasteiger partial charge in [0.05, 0.1) is 22.6 Å². The van der Waals surface area contributed by atoms with Crippen LogP contribution < -0.4 is 10.9 Å². The summed E-state index contributed by atoms with van der Waals surface area (Å²) < 4.78 is 1.39. The molecule has 0 fully saturated rings. The van der Waals surface area contributed by atoms with Crippen LogP contribution in [0, 0.1) is 12.3 Å². The molecule has 0 saturated heterocycles. The number of carboxylic acids is 1. The first kappa shape index (κ1) is 17.7. The van der Waals surface area contributed by atoms with E-state index in [2.05, 4.69) is 10.3 Å². The summed E-state index contributed by atoms with van der Waals surface area (Å²) in [7, 11) is 0. The molecule has 1 amide bonds. The number of rotatable bonds is 6. The first-order chi connectivity index (χ1) is 11.2. The molecular weight excluding hydrogens is 310 g/mol. The Labute approximate surface area is 139 Å². The highest BCUT2D eigenvalue weighted by atomic mass is 16.4. The Hall–Kier alpha value is -2.70. The van der Waals surface area contributed by atoms with Gasteiger partial charge in [0.25, 0.3) is 5.56 Å². The zero-order chi connectivity index (χ0) is 17.9. The van der Waals surface area contributed by atoms with Gasteiger partial charge in [-0.2, -0.15) is 0 Å². The second-order valence-corrected chi connectivity index (χ2v) is 6.43. The van der Waals surface area contributed by atoms with E-state index in [0.29, 0.717) is 10.9 Å². The highest BCUT2D eigenvalue weighted by Gasteiger charge is 2.27. The van der Waals surface area contributed by atoms with Gasteiger partial charge >= 0.3 is 5.97 Å². The van der Waals surface area contributed by atoms with Gasteiger partial charge in [0, 0.05) is 19.5 Å². The van der Waals surface area contributed by atoms with Crippen LogP contribution in [0.1, 0.15) is 25.8 Å². The molecule has 1 aromatic heterocycles. The number of hydrogen-bond donors (Lipinski definition) is 2. The quantitative estimate of drug-likeness (QED) is 0.831. The van der Waals surface area contributed by atoms with Crippen LogP contribution in [0.4, 0.5) is 0 Å².